The molecule has 2 aromatic heterocycles. The number of carbonyl (C=O) groups is 1. The number of nitrogens with zero attached hydrogens (tertiary/aromatic N) is 3. The third-order valence-electron chi connectivity index (χ3n) is 5.95. The lowest BCUT2D eigenvalue weighted by molar-refractivity contribution is 0.0904. The predicted molar refractivity (Wildman–Crippen MR) is 104 cm³/mol. The fourth-order valence-corrected chi connectivity index (χ4v) is 4.32. The van der Waals surface area contributed by atoms with Crippen LogP contribution in [0.5, 0.6) is 0 Å². The summed E-state index contributed by atoms with van der Waals surface area (Å²) in [5.41, 5.74) is 2.96. The maximum Gasteiger partial charge on any atom is 0.271 e. The van der Waals surface area contributed by atoms with Gasteiger partial charge in [-0.3, -0.25) is 19.8 Å². The molecule has 1 saturated heterocycles. The molecule has 1 saturated carbocycles. The topological polar surface area (TPSA) is 73.9 Å². The lowest BCUT2D eigenvalue weighted by Crippen LogP contribution is -2.44. The van der Waals surface area contributed by atoms with E-state index in [0.717, 1.165) is 38.2 Å². The van der Waals surface area contributed by atoms with Crippen molar-refractivity contribution < 1.29 is 4.79 Å². The third-order valence-corrected chi connectivity index (χ3v) is 5.95. The highest BCUT2D eigenvalue weighted by atomic mass is 16.2. The van der Waals surface area contributed by atoms with Crippen molar-refractivity contribution in [3.8, 4) is 0 Å². The number of amides is 1. The molecule has 1 aliphatic heterocycles. The maximum atomic E-state index is 12.6. The summed E-state index contributed by atoms with van der Waals surface area (Å²) >= 11 is 0. The SMILES string of the molecule is O=C(NC1CCN(Cc2ccncc2)CC1)c1cc(C2CCCCC2)[nH]n1. The van der Waals surface area contributed by atoms with Gasteiger partial charge in [-0.05, 0) is 49.4 Å². The van der Waals surface area contributed by atoms with Gasteiger partial charge >= 0.3 is 0 Å². The van der Waals surface area contributed by atoms with E-state index >= 15 is 0 Å². The number of nitrogens with one attached hydrogen (secondary N) is 2. The molecule has 1 aliphatic carbocycles. The number of piperidine rings is 1. The molecular weight excluding hydrogens is 338 g/mol. The smallest absolute Gasteiger partial charge is 0.271 e. The van der Waals surface area contributed by atoms with Crippen LogP contribution in [0, 0.1) is 0 Å². The molecule has 2 N–H and O–H groups in total. The van der Waals surface area contributed by atoms with Gasteiger partial charge in [0, 0.05) is 49.7 Å². The Labute approximate surface area is 160 Å². The van der Waals surface area contributed by atoms with Gasteiger partial charge in [-0.1, -0.05) is 19.3 Å². The summed E-state index contributed by atoms with van der Waals surface area (Å²) in [6.45, 7) is 2.95. The Balaban J connectivity index is 1.25. The molecule has 0 radical (unpaired) electrons. The molecule has 4 rings (SSSR count). The standard InChI is InChI=1S/C21H29N5O/c27-21(20-14-19(24-25-20)17-4-2-1-3-5-17)23-18-8-12-26(13-9-18)15-16-6-10-22-11-7-16/h6-7,10-11,14,17-18H,1-5,8-9,12-13,15H2,(H,23,27)(H,24,25). The second-order valence-electron chi connectivity index (χ2n) is 7.92. The number of likely N-dealkylation sites (tertiary alicyclic amines) is 1. The van der Waals surface area contributed by atoms with Crippen LogP contribution in [0.2, 0.25) is 0 Å². The molecule has 3 heterocycles. The van der Waals surface area contributed by atoms with Crippen LogP contribution < -0.4 is 5.32 Å². The molecule has 6 heteroatoms. The van der Waals surface area contributed by atoms with Crippen LogP contribution in [0.15, 0.2) is 30.6 Å². The molecule has 0 spiro atoms. The summed E-state index contributed by atoms with van der Waals surface area (Å²) in [5, 5.41) is 10.6. The minimum atomic E-state index is -0.0408. The van der Waals surface area contributed by atoms with E-state index in [2.05, 4.69) is 37.5 Å². The summed E-state index contributed by atoms with van der Waals surface area (Å²) in [5.74, 6) is 0.505. The van der Waals surface area contributed by atoms with Gasteiger partial charge in [-0.25, -0.2) is 0 Å². The zero-order valence-electron chi connectivity index (χ0n) is 15.9. The maximum absolute atomic E-state index is 12.6. The first-order valence-electron chi connectivity index (χ1n) is 10.3. The highest BCUT2D eigenvalue weighted by Crippen LogP contribution is 2.31. The second kappa shape index (κ2) is 8.65. The molecule has 1 amide bonds. The number of aromatic nitrogens is 3. The normalized spacial score (nSPS) is 19.9. The minimum absolute atomic E-state index is 0.0408. The fraction of sp³-hybridized carbons (Fsp3) is 0.571. The van der Waals surface area contributed by atoms with Crippen molar-refractivity contribution in [1.82, 2.24) is 25.4 Å². The van der Waals surface area contributed by atoms with Crippen molar-refractivity contribution in [2.75, 3.05) is 13.1 Å². The molecule has 27 heavy (non-hydrogen) atoms. The molecule has 144 valence electrons. The Morgan fingerprint density at radius 1 is 1.11 bits per heavy atom. The summed E-state index contributed by atoms with van der Waals surface area (Å²) < 4.78 is 0. The van der Waals surface area contributed by atoms with Crippen molar-refractivity contribution in [3.63, 3.8) is 0 Å². The minimum Gasteiger partial charge on any atom is -0.348 e. The summed E-state index contributed by atoms with van der Waals surface area (Å²) in [6, 6.07) is 6.33. The third kappa shape index (κ3) is 4.75. The number of rotatable bonds is 5. The first kappa shape index (κ1) is 18.2. The lowest BCUT2D eigenvalue weighted by atomic mass is 9.87. The van der Waals surface area contributed by atoms with E-state index in [4.69, 9.17) is 0 Å². The number of H-pyrrole nitrogens is 1. The van der Waals surface area contributed by atoms with Crippen molar-refractivity contribution in [1.29, 1.82) is 0 Å². The Bertz CT molecular complexity index is 730. The van der Waals surface area contributed by atoms with E-state index in [9.17, 15) is 4.79 Å². The van der Waals surface area contributed by atoms with Crippen molar-refractivity contribution in [3.05, 3.63) is 47.5 Å². The monoisotopic (exact) mass is 367 g/mol. The summed E-state index contributed by atoms with van der Waals surface area (Å²) in [4.78, 5) is 19.1. The number of carbonyl (C=O) groups excluding carboxylic acids is 1. The first-order chi connectivity index (χ1) is 13.3. The molecule has 0 aromatic carbocycles. The Morgan fingerprint density at radius 3 is 2.59 bits per heavy atom. The molecular formula is C21H29N5O. The van der Waals surface area contributed by atoms with Crippen LogP contribution >= 0.6 is 0 Å². The fourth-order valence-electron chi connectivity index (χ4n) is 4.32. The number of hydrogen-bond acceptors (Lipinski definition) is 4. The van der Waals surface area contributed by atoms with E-state index in [1.54, 1.807) is 0 Å². The average Bonchev–Trinajstić information content (AvgIpc) is 3.21. The van der Waals surface area contributed by atoms with Crippen LogP contribution in [0.4, 0.5) is 0 Å². The Hall–Kier alpha value is -2.21. The average molecular weight is 367 g/mol. The molecule has 2 aliphatic rings. The molecule has 0 unspecified atom stereocenters. The summed E-state index contributed by atoms with van der Waals surface area (Å²) in [7, 11) is 0. The number of hydrogen-bond donors (Lipinski definition) is 2. The van der Waals surface area contributed by atoms with E-state index in [1.807, 2.05) is 18.5 Å². The van der Waals surface area contributed by atoms with Gasteiger partial charge in [-0.15, -0.1) is 0 Å². The van der Waals surface area contributed by atoms with Crippen molar-refractivity contribution in [2.45, 2.75) is 63.5 Å². The van der Waals surface area contributed by atoms with Gasteiger partial charge in [0.25, 0.3) is 5.91 Å². The van der Waals surface area contributed by atoms with E-state index in [1.165, 1.54) is 37.7 Å². The first-order valence-corrected chi connectivity index (χ1v) is 10.3. The molecule has 6 nitrogen and oxygen atoms in total. The highest BCUT2D eigenvalue weighted by Gasteiger charge is 2.23. The van der Waals surface area contributed by atoms with E-state index in [0.29, 0.717) is 11.6 Å². The van der Waals surface area contributed by atoms with Gasteiger partial charge in [0.05, 0.1) is 0 Å². The highest BCUT2D eigenvalue weighted by molar-refractivity contribution is 5.92. The van der Waals surface area contributed by atoms with Crippen LogP contribution in [-0.4, -0.2) is 45.1 Å². The van der Waals surface area contributed by atoms with Gasteiger partial charge in [0.15, 0.2) is 0 Å². The van der Waals surface area contributed by atoms with Crippen LogP contribution in [0.3, 0.4) is 0 Å². The van der Waals surface area contributed by atoms with Crippen molar-refractivity contribution in [2.24, 2.45) is 0 Å². The van der Waals surface area contributed by atoms with E-state index < -0.39 is 0 Å². The van der Waals surface area contributed by atoms with Crippen LogP contribution in [0.25, 0.3) is 0 Å². The van der Waals surface area contributed by atoms with Gasteiger partial charge in [0.1, 0.15) is 5.69 Å². The van der Waals surface area contributed by atoms with Gasteiger partial charge in [-0.2, -0.15) is 5.10 Å². The summed E-state index contributed by atoms with van der Waals surface area (Å²) in [6.07, 6.45) is 12.0. The van der Waals surface area contributed by atoms with Gasteiger partial charge in [0.2, 0.25) is 0 Å². The zero-order chi connectivity index (χ0) is 18.5. The predicted octanol–water partition coefficient (Wildman–Crippen LogP) is 3.25. The molecule has 0 bridgehead atoms. The largest absolute Gasteiger partial charge is 0.348 e. The number of aromatic amines is 1. The lowest BCUT2D eigenvalue weighted by Gasteiger charge is -2.32. The molecule has 2 aromatic rings. The second-order valence-corrected chi connectivity index (χ2v) is 7.92. The number of pyridine rings is 1. The zero-order valence-corrected chi connectivity index (χ0v) is 15.9. The van der Waals surface area contributed by atoms with Crippen LogP contribution in [0.1, 0.15) is 72.6 Å². The van der Waals surface area contributed by atoms with Gasteiger partial charge < -0.3 is 5.32 Å². The van der Waals surface area contributed by atoms with E-state index in [-0.39, 0.29) is 11.9 Å². The quantitative estimate of drug-likeness (QED) is 0.851. The van der Waals surface area contributed by atoms with Crippen LogP contribution in [-0.2, 0) is 6.54 Å². The Morgan fingerprint density at radius 2 is 1.85 bits per heavy atom. The molecule has 2 fully saturated rings. The molecule has 0 atom stereocenters. The Kier molecular flexibility index (Phi) is 5.82. The van der Waals surface area contributed by atoms with Crippen molar-refractivity contribution >= 4 is 5.91 Å².